The number of piperazine rings is 1. The van der Waals surface area contributed by atoms with Crippen molar-refractivity contribution < 1.29 is 4.79 Å². The highest BCUT2D eigenvalue weighted by Gasteiger charge is 2.22. The van der Waals surface area contributed by atoms with Crippen molar-refractivity contribution in [3.8, 4) is 5.69 Å². The summed E-state index contributed by atoms with van der Waals surface area (Å²) in [5.74, 6) is 2.03. The first-order valence-corrected chi connectivity index (χ1v) is 11.3. The van der Waals surface area contributed by atoms with Crippen LogP contribution in [0.2, 0.25) is 0 Å². The molecule has 0 saturated carbocycles. The summed E-state index contributed by atoms with van der Waals surface area (Å²) < 4.78 is 2.04. The lowest BCUT2D eigenvalue weighted by atomic mass is 10.0. The van der Waals surface area contributed by atoms with Crippen LogP contribution in [0.1, 0.15) is 25.3 Å². The molecule has 0 radical (unpaired) electrons. The second kappa shape index (κ2) is 9.34. The molecule has 1 amide bonds. The molecule has 2 aromatic heterocycles. The minimum atomic E-state index is 0.158. The highest BCUT2D eigenvalue weighted by atomic mass is 32.2. The van der Waals surface area contributed by atoms with Gasteiger partial charge in [-0.15, -0.1) is 0 Å². The molecule has 0 unspecified atom stereocenters. The molecule has 0 N–H and O–H groups in total. The van der Waals surface area contributed by atoms with E-state index in [0.717, 1.165) is 42.8 Å². The maximum atomic E-state index is 12.7. The molecular weight excluding hydrogens is 394 g/mol. The van der Waals surface area contributed by atoms with E-state index in [2.05, 4.69) is 53.0 Å². The van der Waals surface area contributed by atoms with Crippen LogP contribution in [-0.4, -0.2) is 57.3 Å². The summed E-state index contributed by atoms with van der Waals surface area (Å²) in [5.41, 5.74) is 2.38. The number of aromatic nitrogens is 3. The zero-order chi connectivity index (χ0) is 20.9. The van der Waals surface area contributed by atoms with Crippen molar-refractivity contribution in [1.29, 1.82) is 0 Å². The fourth-order valence-electron chi connectivity index (χ4n) is 3.56. The summed E-state index contributed by atoms with van der Waals surface area (Å²) in [6, 6.07) is 14.5. The molecule has 3 aromatic rings. The van der Waals surface area contributed by atoms with E-state index in [4.69, 9.17) is 0 Å². The number of anilines is 1. The van der Waals surface area contributed by atoms with Gasteiger partial charge in [0.15, 0.2) is 5.16 Å². The molecule has 0 bridgehead atoms. The first kappa shape index (κ1) is 20.5. The Balaban J connectivity index is 1.32. The molecular formula is C23H27N5OS. The van der Waals surface area contributed by atoms with Crippen LogP contribution in [0.4, 0.5) is 5.82 Å². The van der Waals surface area contributed by atoms with Gasteiger partial charge >= 0.3 is 0 Å². The van der Waals surface area contributed by atoms with Crippen LogP contribution in [0, 0.1) is 0 Å². The average molecular weight is 422 g/mol. The third-order valence-corrected chi connectivity index (χ3v) is 6.33. The zero-order valence-corrected chi connectivity index (χ0v) is 18.3. The molecule has 156 valence electrons. The Morgan fingerprint density at radius 1 is 1.00 bits per heavy atom. The number of hydrogen-bond donors (Lipinski definition) is 0. The Bertz CT molecular complexity index is 963. The van der Waals surface area contributed by atoms with Gasteiger partial charge in [0, 0.05) is 50.5 Å². The van der Waals surface area contributed by atoms with E-state index in [1.54, 1.807) is 6.20 Å². The molecule has 4 rings (SSSR count). The van der Waals surface area contributed by atoms with Crippen LogP contribution in [0.15, 0.2) is 66.2 Å². The lowest BCUT2D eigenvalue weighted by molar-refractivity contribution is -0.128. The van der Waals surface area contributed by atoms with Gasteiger partial charge in [0.05, 0.1) is 5.75 Å². The number of pyridine rings is 1. The molecule has 0 spiro atoms. The molecule has 1 saturated heterocycles. The van der Waals surface area contributed by atoms with Crippen LogP contribution < -0.4 is 4.90 Å². The summed E-state index contributed by atoms with van der Waals surface area (Å²) >= 11 is 1.49. The third-order valence-electron chi connectivity index (χ3n) is 5.38. The Morgan fingerprint density at radius 2 is 1.77 bits per heavy atom. The van der Waals surface area contributed by atoms with Crippen LogP contribution in [0.5, 0.6) is 0 Å². The van der Waals surface area contributed by atoms with Crippen LogP contribution in [0.25, 0.3) is 5.69 Å². The second-order valence-corrected chi connectivity index (χ2v) is 8.61. The summed E-state index contributed by atoms with van der Waals surface area (Å²) in [6.07, 6.45) is 5.54. The lowest BCUT2D eigenvalue weighted by Gasteiger charge is -2.35. The van der Waals surface area contributed by atoms with E-state index in [1.165, 1.54) is 17.3 Å². The predicted molar refractivity (Wildman–Crippen MR) is 121 cm³/mol. The molecule has 6 nitrogen and oxygen atoms in total. The molecule has 1 fully saturated rings. The van der Waals surface area contributed by atoms with Gasteiger partial charge in [-0.05, 0) is 35.7 Å². The summed E-state index contributed by atoms with van der Waals surface area (Å²) in [6.45, 7) is 7.45. The van der Waals surface area contributed by atoms with Crippen molar-refractivity contribution >= 4 is 23.5 Å². The molecule has 30 heavy (non-hydrogen) atoms. The predicted octanol–water partition coefficient (Wildman–Crippen LogP) is 3.83. The highest BCUT2D eigenvalue weighted by Crippen LogP contribution is 2.23. The van der Waals surface area contributed by atoms with Gasteiger partial charge in [-0.3, -0.25) is 9.36 Å². The summed E-state index contributed by atoms with van der Waals surface area (Å²) in [7, 11) is 0. The molecule has 1 aromatic carbocycles. The Kier molecular flexibility index (Phi) is 6.38. The molecule has 0 aliphatic carbocycles. The van der Waals surface area contributed by atoms with E-state index in [-0.39, 0.29) is 5.91 Å². The quantitative estimate of drug-likeness (QED) is 0.566. The van der Waals surface area contributed by atoms with Gasteiger partial charge in [0.1, 0.15) is 5.82 Å². The fraction of sp³-hybridized carbons (Fsp3) is 0.348. The monoisotopic (exact) mass is 421 g/mol. The van der Waals surface area contributed by atoms with Crippen molar-refractivity contribution in [2.45, 2.75) is 24.9 Å². The second-order valence-electron chi connectivity index (χ2n) is 7.67. The van der Waals surface area contributed by atoms with Crippen molar-refractivity contribution in [2.75, 3.05) is 36.8 Å². The standard InChI is InChI=1S/C23H27N5OS/c1-18(2)19-6-8-20(9-7-19)28-12-11-25-23(28)30-17-22(29)27-15-13-26(14-16-27)21-5-3-4-10-24-21/h3-12,18H,13-17H2,1-2H3. The molecule has 0 atom stereocenters. The van der Waals surface area contributed by atoms with E-state index >= 15 is 0 Å². The van der Waals surface area contributed by atoms with Crippen LogP contribution >= 0.6 is 11.8 Å². The zero-order valence-electron chi connectivity index (χ0n) is 17.4. The molecule has 7 heteroatoms. The van der Waals surface area contributed by atoms with Crippen molar-refractivity contribution in [3.05, 3.63) is 66.6 Å². The molecule has 3 heterocycles. The average Bonchev–Trinajstić information content (AvgIpc) is 3.27. The third kappa shape index (κ3) is 4.67. The summed E-state index contributed by atoms with van der Waals surface area (Å²) in [4.78, 5) is 25.8. The lowest BCUT2D eigenvalue weighted by Crippen LogP contribution is -2.49. The number of amides is 1. The van der Waals surface area contributed by atoms with Crippen molar-refractivity contribution in [3.63, 3.8) is 0 Å². The number of carbonyl (C=O) groups excluding carboxylic acids is 1. The van der Waals surface area contributed by atoms with E-state index < -0.39 is 0 Å². The normalized spacial score (nSPS) is 14.4. The summed E-state index contributed by atoms with van der Waals surface area (Å²) in [5, 5.41) is 0.841. The fourth-order valence-corrected chi connectivity index (χ4v) is 4.43. The van der Waals surface area contributed by atoms with Crippen molar-refractivity contribution in [1.82, 2.24) is 19.4 Å². The van der Waals surface area contributed by atoms with Crippen LogP contribution in [0.3, 0.4) is 0 Å². The van der Waals surface area contributed by atoms with Gasteiger partial charge in [0.2, 0.25) is 5.91 Å². The maximum absolute atomic E-state index is 12.7. The maximum Gasteiger partial charge on any atom is 0.233 e. The number of thioether (sulfide) groups is 1. The minimum Gasteiger partial charge on any atom is -0.353 e. The van der Waals surface area contributed by atoms with E-state index in [0.29, 0.717) is 11.7 Å². The molecule has 1 aliphatic rings. The topological polar surface area (TPSA) is 54.3 Å². The Morgan fingerprint density at radius 3 is 2.43 bits per heavy atom. The van der Waals surface area contributed by atoms with Gasteiger partial charge in [0.25, 0.3) is 0 Å². The van der Waals surface area contributed by atoms with Crippen LogP contribution in [-0.2, 0) is 4.79 Å². The first-order valence-electron chi connectivity index (χ1n) is 10.3. The van der Waals surface area contributed by atoms with Gasteiger partial charge in [-0.25, -0.2) is 9.97 Å². The van der Waals surface area contributed by atoms with Gasteiger partial charge < -0.3 is 9.80 Å². The SMILES string of the molecule is CC(C)c1ccc(-n2ccnc2SCC(=O)N2CCN(c3ccccn3)CC2)cc1. The minimum absolute atomic E-state index is 0.158. The van der Waals surface area contributed by atoms with Crippen molar-refractivity contribution in [2.24, 2.45) is 0 Å². The Labute approximate surface area is 181 Å². The first-order chi connectivity index (χ1) is 14.6. The number of rotatable bonds is 6. The van der Waals surface area contributed by atoms with Gasteiger partial charge in [-0.2, -0.15) is 0 Å². The van der Waals surface area contributed by atoms with E-state index in [1.807, 2.05) is 40.1 Å². The number of imidazole rings is 1. The number of benzene rings is 1. The number of nitrogens with zero attached hydrogens (tertiary/aromatic N) is 5. The number of hydrogen-bond acceptors (Lipinski definition) is 5. The van der Waals surface area contributed by atoms with Gasteiger partial charge in [-0.1, -0.05) is 43.8 Å². The molecule has 1 aliphatic heterocycles. The highest BCUT2D eigenvalue weighted by molar-refractivity contribution is 7.99. The van der Waals surface area contributed by atoms with E-state index in [9.17, 15) is 4.79 Å². The smallest absolute Gasteiger partial charge is 0.233 e. The largest absolute Gasteiger partial charge is 0.353 e. The Hall–Kier alpha value is -2.80. The number of carbonyl (C=O) groups is 1.